The molecule has 0 spiro atoms. The lowest BCUT2D eigenvalue weighted by Gasteiger charge is -1.91. The molecule has 124 valence electrons. The van der Waals surface area contributed by atoms with Gasteiger partial charge in [0.2, 0.25) is 0 Å². The van der Waals surface area contributed by atoms with Gasteiger partial charge in [0.15, 0.2) is 5.96 Å². The number of non-ortho nitro benzene ring substituents is 1. The standard InChI is InChI=1S/C10H8N4O3S.CH4O3S/c11-10(12)13-9(15)8-4-5-6(14(16)17)2-1-3-7(5)18-8;1-5(2,3)4/h1-4H,(H4,11,12,13,15);1H3,(H,2,3,4). The third-order valence-electron chi connectivity index (χ3n) is 2.18. The Morgan fingerprint density at radius 1 is 1.39 bits per heavy atom. The molecule has 0 fully saturated rings. The van der Waals surface area contributed by atoms with Crippen molar-refractivity contribution < 1.29 is 22.7 Å². The third kappa shape index (κ3) is 5.98. The summed E-state index contributed by atoms with van der Waals surface area (Å²) in [4.78, 5) is 25.6. The van der Waals surface area contributed by atoms with Crippen molar-refractivity contribution in [3.05, 3.63) is 39.3 Å². The molecule has 0 aliphatic carbocycles. The molecular weight excluding hydrogens is 348 g/mol. The van der Waals surface area contributed by atoms with Crippen molar-refractivity contribution in [2.45, 2.75) is 0 Å². The predicted molar refractivity (Wildman–Crippen MR) is 86.1 cm³/mol. The number of hydrogen-bond donors (Lipinski definition) is 3. The Balaban J connectivity index is 0.000000463. The molecule has 10 nitrogen and oxygen atoms in total. The molecule has 0 aliphatic heterocycles. The monoisotopic (exact) mass is 360 g/mol. The van der Waals surface area contributed by atoms with E-state index < -0.39 is 20.9 Å². The molecule has 12 heteroatoms. The minimum atomic E-state index is -3.67. The van der Waals surface area contributed by atoms with Crippen molar-refractivity contribution in [1.82, 2.24) is 0 Å². The molecule has 0 unspecified atom stereocenters. The summed E-state index contributed by atoms with van der Waals surface area (Å²) in [6.45, 7) is 0. The number of nitrogens with two attached hydrogens (primary N) is 2. The van der Waals surface area contributed by atoms with Gasteiger partial charge in [-0.3, -0.25) is 19.5 Å². The first-order valence-electron chi connectivity index (χ1n) is 5.72. The fourth-order valence-electron chi connectivity index (χ4n) is 1.48. The number of fused-ring (bicyclic) bond motifs is 1. The molecule has 0 aliphatic rings. The molecule has 1 amide bonds. The number of hydrogen-bond acceptors (Lipinski definition) is 6. The van der Waals surface area contributed by atoms with E-state index in [0.717, 1.165) is 11.3 Å². The molecular formula is C11H12N4O6S2. The average Bonchev–Trinajstić information content (AvgIpc) is 2.79. The summed E-state index contributed by atoms with van der Waals surface area (Å²) < 4.78 is 26.5. The first kappa shape index (κ1) is 18.5. The van der Waals surface area contributed by atoms with Crippen molar-refractivity contribution in [2.75, 3.05) is 6.26 Å². The van der Waals surface area contributed by atoms with Crippen LogP contribution >= 0.6 is 11.3 Å². The quantitative estimate of drug-likeness (QED) is 0.230. The second kappa shape index (κ2) is 7.13. The average molecular weight is 360 g/mol. The predicted octanol–water partition coefficient (Wildman–Crippen LogP) is 0.727. The van der Waals surface area contributed by atoms with Gasteiger partial charge in [0.25, 0.3) is 21.7 Å². The molecule has 2 rings (SSSR count). The maximum atomic E-state index is 11.6. The lowest BCUT2D eigenvalue weighted by molar-refractivity contribution is -0.383. The van der Waals surface area contributed by atoms with E-state index in [1.165, 1.54) is 12.1 Å². The molecule has 0 saturated heterocycles. The van der Waals surface area contributed by atoms with Gasteiger partial charge < -0.3 is 11.5 Å². The van der Waals surface area contributed by atoms with Crippen molar-refractivity contribution in [3.8, 4) is 0 Å². The van der Waals surface area contributed by atoms with Gasteiger partial charge in [0.1, 0.15) is 0 Å². The SMILES string of the molecule is CS(=O)(=O)O.NC(N)=NC(=O)c1cc2c([N+](=O)[O-])cccc2s1. The van der Waals surface area contributed by atoms with E-state index in [1.807, 2.05) is 0 Å². The summed E-state index contributed by atoms with van der Waals surface area (Å²) in [5.74, 6) is -0.947. The Kier molecular flexibility index (Phi) is 5.73. The molecule has 0 atom stereocenters. The number of carbonyl (C=O) groups is 1. The number of carbonyl (C=O) groups excluding carboxylic acids is 1. The minimum absolute atomic E-state index is 0.0486. The first-order valence-corrected chi connectivity index (χ1v) is 8.39. The number of benzene rings is 1. The summed E-state index contributed by atoms with van der Waals surface area (Å²) in [6, 6.07) is 6.06. The highest BCUT2D eigenvalue weighted by molar-refractivity contribution is 7.85. The number of guanidine groups is 1. The Morgan fingerprint density at radius 2 is 1.96 bits per heavy atom. The molecule has 0 radical (unpaired) electrons. The zero-order chi connectivity index (χ0) is 17.8. The highest BCUT2D eigenvalue weighted by atomic mass is 32.2. The van der Waals surface area contributed by atoms with E-state index in [1.54, 1.807) is 12.1 Å². The number of thiophene rings is 1. The molecule has 23 heavy (non-hydrogen) atoms. The van der Waals surface area contributed by atoms with Gasteiger partial charge in [-0.1, -0.05) is 6.07 Å². The Bertz CT molecular complexity index is 875. The number of nitro benzene ring substituents is 1. The number of nitro groups is 1. The Labute approximate surface area is 134 Å². The van der Waals surface area contributed by atoms with Crippen LogP contribution in [-0.2, 0) is 10.1 Å². The van der Waals surface area contributed by atoms with Crippen molar-refractivity contribution in [2.24, 2.45) is 16.5 Å². The van der Waals surface area contributed by atoms with Crippen LogP contribution in [0.3, 0.4) is 0 Å². The van der Waals surface area contributed by atoms with Crippen molar-refractivity contribution >= 4 is 49.1 Å². The lowest BCUT2D eigenvalue weighted by Crippen LogP contribution is -2.24. The van der Waals surface area contributed by atoms with E-state index in [0.29, 0.717) is 16.3 Å². The summed E-state index contributed by atoms with van der Waals surface area (Å²) >= 11 is 1.11. The van der Waals surface area contributed by atoms with Crippen molar-refractivity contribution in [3.63, 3.8) is 0 Å². The highest BCUT2D eigenvalue weighted by Crippen LogP contribution is 2.32. The van der Waals surface area contributed by atoms with Gasteiger partial charge in [0.05, 0.1) is 21.4 Å². The fraction of sp³-hybridized carbons (Fsp3) is 0.0909. The molecule has 1 heterocycles. The number of rotatable bonds is 2. The summed E-state index contributed by atoms with van der Waals surface area (Å²) in [7, 11) is -3.67. The van der Waals surface area contributed by atoms with E-state index >= 15 is 0 Å². The number of aliphatic imine (C=N–C) groups is 1. The molecule has 5 N–H and O–H groups in total. The normalized spacial score (nSPS) is 10.5. The topological polar surface area (TPSA) is 179 Å². The molecule has 1 aromatic heterocycles. The van der Waals surface area contributed by atoms with Crippen LogP contribution in [0.2, 0.25) is 0 Å². The van der Waals surface area contributed by atoms with Gasteiger partial charge in [-0.2, -0.15) is 13.4 Å². The molecule has 0 saturated carbocycles. The zero-order valence-corrected chi connectivity index (χ0v) is 13.3. The van der Waals surface area contributed by atoms with E-state index in [4.69, 9.17) is 16.0 Å². The highest BCUT2D eigenvalue weighted by Gasteiger charge is 2.17. The zero-order valence-electron chi connectivity index (χ0n) is 11.7. The van der Waals surface area contributed by atoms with Crippen LogP contribution in [0.25, 0.3) is 10.1 Å². The van der Waals surface area contributed by atoms with Crippen molar-refractivity contribution in [1.29, 1.82) is 0 Å². The number of amides is 1. The van der Waals surface area contributed by atoms with Gasteiger partial charge in [-0.25, -0.2) is 0 Å². The van der Waals surface area contributed by atoms with Crippen LogP contribution < -0.4 is 11.5 Å². The van der Waals surface area contributed by atoms with Gasteiger partial charge >= 0.3 is 0 Å². The van der Waals surface area contributed by atoms with E-state index in [2.05, 4.69) is 4.99 Å². The Morgan fingerprint density at radius 3 is 2.43 bits per heavy atom. The van der Waals surface area contributed by atoms with Crippen LogP contribution in [-0.4, -0.2) is 36.0 Å². The summed E-state index contributed by atoms with van der Waals surface area (Å²) in [5.41, 5.74) is 10.2. The van der Waals surface area contributed by atoms with Crippen LogP contribution in [0, 0.1) is 10.1 Å². The molecule has 0 bridgehead atoms. The van der Waals surface area contributed by atoms with Crippen LogP contribution in [0.15, 0.2) is 29.3 Å². The van der Waals surface area contributed by atoms with Crippen LogP contribution in [0.4, 0.5) is 5.69 Å². The molecule has 1 aromatic carbocycles. The summed E-state index contributed by atoms with van der Waals surface area (Å²) in [5, 5.41) is 11.2. The second-order valence-corrected chi connectivity index (χ2v) is 6.68. The first-order chi connectivity index (χ1) is 10.5. The van der Waals surface area contributed by atoms with E-state index in [9.17, 15) is 23.3 Å². The van der Waals surface area contributed by atoms with Crippen LogP contribution in [0.1, 0.15) is 9.67 Å². The minimum Gasteiger partial charge on any atom is -0.370 e. The Hall–Kier alpha value is -2.57. The fourth-order valence-corrected chi connectivity index (χ4v) is 2.45. The summed E-state index contributed by atoms with van der Waals surface area (Å²) in [6.07, 6.45) is 0.715. The van der Waals surface area contributed by atoms with Gasteiger partial charge in [-0.05, 0) is 12.1 Å². The smallest absolute Gasteiger partial charge is 0.290 e. The maximum Gasteiger partial charge on any atom is 0.290 e. The van der Waals surface area contributed by atoms with Gasteiger partial charge in [0, 0.05) is 10.8 Å². The number of nitrogens with zero attached hydrogens (tertiary/aromatic N) is 2. The lowest BCUT2D eigenvalue weighted by atomic mass is 10.2. The van der Waals surface area contributed by atoms with Crippen LogP contribution in [0.5, 0.6) is 0 Å². The molecule has 2 aromatic rings. The van der Waals surface area contributed by atoms with E-state index in [-0.39, 0.29) is 16.5 Å². The maximum absolute atomic E-state index is 11.6. The third-order valence-corrected chi connectivity index (χ3v) is 3.26. The van der Waals surface area contributed by atoms with Gasteiger partial charge in [-0.15, -0.1) is 11.3 Å². The second-order valence-electron chi connectivity index (χ2n) is 4.13. The largest absolute Gasteiger partial charge is 0.370 e.